The summed E-state index contributed by atoms with van der Waals surface area (Å²) in [6.45, 7) is 0. The molecule has 5 heteroatoms. The van der Waals surface area contributed by atoms with Gasteiger partial charge >= 0.3 is 0 Å². The summed E-state index contributed by atoms with van der Waals surface area (Å²) in [6.07, 6.45) is 0.515. The molecule has 3 N–H and O–H groups in total. The van der Waals surface area contributed by atoms with Gasteiger partial charge in [0, 0.05) is 8.95 Å². The van der Waals surface area contributed by atoms with E-state index in [1.165, 1.54) is 0 Å². The van der Waals surface area contributed by atoms with Crippen LogP contribution in [0.2, 0.25) is 0 Å². The van der Waals surface area contributed by atoms with Gasteiger partial charge in [-0.2, -0.15) is 0 Å². The predicted octanol–water partition coefficient (Wildman–Crippen LogP) is 3.72. The van der Waals surface area contributed by atoms with Crippen LogP contribution in [-0.2, 0) is 11.2 Å². The van der Waals surface area contributed by atoms with Crippen LogP contribution in [0.4, 0.5) is 5.69 Å². The molecule has 0 aromatic heterocycles. The lowest BCUT2D eigenvalue weighted by Crippen LogP contribution is -2.37. The number of carbonyl (C=O) groups excluding carboxylic acids is 1. The quantitative estimate of drug-likeness (QED) is 0.825. The van der Waals surface area contributed by atoms with E-state index in [1.807, 2.05) is 48.5 Å². The summed E-state index contributed by atoms with van der Waals surface area (Å²) in [4.78, 5) is 12.1. The second kappa shape index (κ2) is 7.02. The summed E-state index contributed by atoms with van der Waals surface area (Å²) in [5.74, 6) is -0.197. The minimum Gasteiger partial charge on any atom is -0.324 e. The molecule has 3 nitrogen and oxygen atoms in total. The van der Waals surface area contributed by atoms with Crippen LogP contribution in [0.3, 0.4) is 0 Å². The fourth-order valence-corrected chi connectivity index (χ4v) is 2.92. The third-order valence-electron chi connectivity index (χ3n) is 2.82. The highest BCUT2D eigenvalue weighted by molar-refractivity contribution is 9.11. The Morgan fingerprint density at radius 1 is 1.15 bits per heavy atom. The van der Waals surface area contributed by atoms with Crippen LogP contribution in [0.15, 0.2) is 57.5 Å². The lowest BCUT2D eigenvalue weighted by molar-refractivity contribution is -0.117. The van der Waals surface area contributed by atoms with Crippen molar-refractivity contribution in [3.05, 3.63) is 63.0 Å². The summed E-state index contributed by atoms with van der Waals surface area (Å²) >= 11 is 6.77. The van der Waals surface area contributed by atoms with Gasteiger partial charge in [0.05, 0.1) is 11.7 Å². The van der Waals surface area contributed by atoms with Gasteiger partial charge in [-0.25, -0.2) is 0 Å². The van der Waals surface area contributed by atoms with Crippen LogP contribution < -0.4 is 11.1 Å². The van der Waals surface area contributed by atoms with Crippen molar-refractivity contribution >= 4 is 43.5 Å². The maximum atomic E-state index is 12.1. The van der Waals surface area contributed by atoms with Crippen LogP contribution in [0.1, 0.15) is 5.56 Å². The normalized spacial score (nSPS) is 11.9. The van der Waals surface area contributed by atoms with Gasteiger partial charge in [0.15, 0.2) is 0 Å². The van der Waals surface area contributed by atoms with E-state index in [2.05, 4.69) is 37.2 Å². The van der Waals surface area contributed by atoms with E-state index in [-0.39, 0.29) is 5.91 Å². The van der Waals surface area contributed by atoms with E-state index < -0.39 is 6.04 Å². The van der Waals surface area contributed by atoms with Gasteiger partial charge in [-0.05, 0) is 46.1 Å². The maximum Gasteiger partial charge on any atom is 0.241 e. The Morgan fingerprint density at radius 2 is 1.85 bits per heavy atom. The highest BCUT2D eigenvalue weighted by Gasteiger charge is 2.15. The Morgan fingerprint density at radius 3 is 2.50 bits per heavy atom. The van der Waals surface area contributed by atoms with Crippen molar-refractivity contribution in [2.24, 2.45) is 5.73 Å². The van der Waals surface area contributed by atoms with Crippen LogP contribution in [0.25, 0.3) is 0 Å². The summed E-state index contributed by atoms with van der Waals surface area (Å²) in [7, 11) is 0. The van der Waals surface area contributed by atoms with Crippen molar-refractivity contribution in [1.29, 1.82) is 0 Å². The van der Waals surface area contributed by atoms with Crippen LogP contribution >= 0.6 is 31.9 Å². The average Bonchev–Trinajstić information content (AvgIpc) is 2.43. The lowest BCUT2D eigenvalue weighted by Gasteiger charge is -2.13. The third-order valence-corrected chi connectivity index (χ3v) is 3.97. The first-order chi connectivity index (χ1) is 9.56. The van der Waals surface area contributed by atoms with E-state index in [9.17, 15) is 4.79 Å². The molecule has 1 atom stereocenters. The Bertz CT molecular complexity index is 602. The number of hydrogen-bond donors (Lipinski definition) is 2. The molecule has 0 saturated carbocycles. The number of halogens is 2. The standard InChI is InChI=1S/C15H14Br2N2O/c16-11-6-7-14(12(17)9-11)19-15(20)13(18)8-10-4-2-1-3-5-10/h1-7,9,13H,8,18H2,(H,19,20)/t13-/m1/s1. The smallest absolute Gasteiger partial charge is 0.241 e. The molecule has 2 rings (SSSR count). The minimum absolute atomic E-state index is 0.197. The Balaban J connectivity index is 2.01. The van der Waals surface area contributed by atoms with Crippen molar-refractivity contribution < 1.29 is 4.79 Å². The van der Waals surface area contributed by atoms with Crippen LogP contribution in [0, 0.1) is 0 Å². The minimum atomic E-state index is -0.576. The molecule has 0 heterocycles. The highest BCUT2D eigenvalue weighted by Crippen LogP contribution is 2.26. The van der Waals surface area contributed by atoms with E-state index in [0.717, 1.165) is 14.5 Å². The number of nitrogens with two attached hydrogens (primary N) is 1. The molecule has 2 aromatic rings. The van der Waals surface area contributed by atoms with Crippen molar-refractivity contribution in [3.63, 3.8) is 0 Å². The van der Waals surface area contributed by atoms with E-state index >= 15 is 0 Å². The topological polar surface area (TPSA) is 55.1 Å². The SMILES string of the molecule is N[C@H](Cc1ccccc1)C(=O)Nc1ccc(Br)cc1Br. The Hall–Kier alpha value is -1.17. The predicted molar refractivity (Wildman–Crippen MR) is 88.6 cm³/mol. The number of nitrogens with one attached hydrogen (secondary N) is 1. The van der Waals surface area contributed by atoms with Crippen molar-refractivity contribution in [3.8, 4) is 0 Å². The molecule has 0 fully saturated rings. The molecule has 0 aliphatic carbocycles. The first-order valence-corrected chi connectivity index (χ1v) is 7.70. The van der Waals surface area contributed by atoms with Gasteiger partial charge in [-0.15, -0.1) is 0 Å². The molecule has 0 saturated heterocycles. The zero-order chi connectivity index (χ0) is 14.5. The molecule has 104 valence electrons. The fraction of sp³-hybridized carbons (Fsp3) is 0.133. The van der Waals surface area contributed by atoms with Gasteiger partial charge in [-0.1, -0.05) is 46.3 Å². The van der Waals surface area contributed by atoms with Crippen molar-refractivity contribution in [1.82, 2.24) is 0 Å². The zero-order valence-corrected chi connectivity index (χ0v) is 13.8. The summed E-state index contributed by atoms with van der Waals surface area (Å²) in [6, 6.07) is 14.7. The largest absolute Gasteiger partial charge is 0.324 e. The zero-order valence-electron chi connectivity index (χ0n) is 10.6. The number of rotatable bonds is 4. The number of anilines is 1. The summed E-state index contributed by atoms with van der Waals surface area (Å²) in [5, 5.41) is 2.83. The number of amides is 1. The fourth-order valence-electron chi connectivity index (χ4n) is 1.78. The Kier molecular flexibility index (Phi) is 5.34. The maximum absolute atomic E-state index is 12.1. The number of carbonyl (C=O) groups is 1. The van der Waals surface area contributed by atoms with Crippen LogP contribution in [0.5, 0.6) is 0 Å². The highest BCUT2D eigenvalue weighted by atomic mass is 79.9. The van der Waals surface area contributed by atoms with E-state index in [0.29, 0.717) is 12.1 Å². The molecule has 0 aliphatic rings. The van der Waals surface area contributed by atoms with Crippen LogP contribution in [-0.4, -0.2) is 11.9 Å². The second-order valence-corrected chi connectivity index (χ2v) is 6.18. The summed E-state index contributed by atoms with van der Waals surface area (Å²) < 4.78 is 1.75. The average molecular weight is 398 g/mol. The van der Waals surface area contributed by atoms with Crippen molar-refractivity contribution in [2.45, 2.75) is 12.5 Å². The van der Waals surface area contributed by atoms with Gasteiger partial charge in [0.25, 0.3) is 0 Å². The molecular weight excluding hydrogens is 384 g/mol. The first kappa shape index (κ1) is 15.2. The molecule has 0 unspecified atom stereocenters. The van der Waals surface area contributed by atoms with Gasteiger partial charge in [-0.3, -0.25) is 4.79 Å². The molecule has 2 aromatic carbocycles. The van der Waals surface area contributed by atoms with E-state index in [1.54, 1.807) is 0 Å². The molecule has 0 aliphatic heterocycles. The molecule has 0 bridgehead atoms. The third kappa shape index (κ3) is 4.16. The van der Waals surface area contributed by atoms with Gasteiger partial charge in [0.1, 0.15) is 0 Å². The molecule has 0 radical (unpaired) electrons. The summed E-state index contributed by atoms with van der Waals surface area (Å²) in [5.41, 5.74) is 7.70. The van der Waals surface area contributed by atoms with E-state index in [4.69, 9.17) is 5.73 Å². The van der Waals surface area contributed by atoms with Gasteiger partial charge in [0.2, 0.25) is 5.91 Å². The number of benzene rings is 2. The Labute approximate surface area is 134 Å². The monoisotopic (exact) mass is 396 g/mol. The van der Waals surface area contributed by atoms with Crippen molar-refractivity contribution in [2.75, 3.05) is 5.32 Å². The number of hydrogen-bond acceptors (Lipinski definition) is 2. The molecule has 0 spiro atoms. The second-order valence-electron chi connectivity index (χ2n) is 4.41. The van der Waals surface area contributed by atoms with Gasteiger partial charge < -0.3 is 11.1 Å². The molecule has 1 amide bonds. The molecular formula is C15H14Br2N2O. The lowest BCUT2D eigenvalue weighted by atomic mass is 10.1. The molecule has 20 heavy (non-hydrogen) atoms. The first-order valence-electron chi connectivity index (χ1n) is 6.11.